The number of rotatable bonds is 5. The largest absolute Gasteiger partial charge is 0.311 e. The Morgan fingerprint density at radius 2 is 1.04 bits per heavy atom. The van der Waals surface area contributed by atoms with Crippen molar-refractivity contribution in [3.8, 4) is 44.5 Å². The van der Waals surface area contributed by atoms with Crippen molar-refractivity contribution in [2.75, 3.05) is 9.80 Å². The zero-order valence-corrected chi connectivity index (χ0v) is 41.2. The van der Waals surface area contributed by atoms with Gasteiger partial charge in [-0.05, 0) is 154 Å². The van der Waals surface area contributed by atoms with Crippen molar-refractivity contribution in [3.63, 3.8) is 0 Å². The summed E-state index contributed by atoms with van der Waals surface area (Å²) in [6.07, 6.45) is 0. The zero-order chi connectivity index (χ0) is 47.2. The quantitative estimate of drug-likeness (QED) is 0.159. The summed E-state index contributed by atoms with van der Waals surface area (Å²) in [5, 5.41) is 0. The van der Waals surface area contributed by atoms with Crippen LogP contribution in [0, 0.1) is 27.7 Å². The molecule has 2 aliphatic carbocycles. The number of anilines is 6. The van der Waals surface area contributed by atoms with E-state index in [1.165, 1.54) is 144 Å². The van der Waals surface area contributed by atoms with E-state index in [9.17, 15) is 0 Å². The molecule has 1 spiro atoms. The van der Waals surface area contributed by atoms with Crippen LogP contribution in [0.3, 0.4) is 0 Å². The molecule has 2 nitrogen and oxygen atoms in total. The van der Waals surface area contributed by atoms with Gasteiger partial charge in [-0.25, -0.2) is 0 Å². The van der Waals surface area contributed by atoms with Crippen molar-refractivity contribution in [2.45, 2.75) is 52.9 Å². The molecule has 0 unspecified atom stereocenters. The molecule has 10 aromatic rings. The van der Waals surface area contributed by atoms with Crippen molar-refractivity contribution in [3.05, 3.63) is 244 Å². The summed E-state index contributed by atoms with van der Waals surface area (Å²) in [7, 11) is 0. The molecule has 0 fully saturated rings. The molecule has 4 heteroatoms. The second-order valence-electron chi connectivity index (χ2n) is 20.5. The van der Waals surface area contributed by atoms with Gasteiger partial charge >= 0.3 is 0 Å². The number of aryl methyl sites for hydroxylation is 4. The number of hydrogen-bond acceptors (Lipinski definition) is 3. The summed E-state index contributed by atoms with van der Waals surface area (Å²) >= 11 is 2.06. The first-order valence-corrected chi connectivity index (χ1v) is 25.7. The minimum Gasteiger partial charge on any atom is -0.311 e. The lowest BCUT2D eigenvalue weighted by molar-refractivity contribution is 0.810. The number of nitrogens with zero attached hydrogens (tertiary/aromatic N) is 2. The van der Waals surface area contributed by atoms with Gasteiger partial charge in [-0.3, -0.25) is 0 Å². The van der Waals surface area contributed by atoms with E-state index in [4.69, 9.17) is 0 Å². The second-order valence-corrected chi connectivity index (χ2v) is 21.6. The van der Waals surface area contributed by atoms with Gasteiger partial charge < -0.3 is 9.80 Å². The maximum atomic E-state index is 2.65. The first-order chi connectivity index (χ1) is 34.2. The van der Waals surface area contributed by atoms with Crippen LogP contribution >= 0.6 is 11.3 Å². The maximum Gasteiger partial charge on any atom is 0.264 e. The molecule has 3 heterocycles. The number of hydrogen-bond donors (Lipinski definition) is 0. The van der Waals surface area contributed by atoms with Crippen LogP contribution in [0.25, 0.3) is 44.5 Å². The van der Waals surface area contributed by atoms with Gasteiger partial charge in [0.15, 0.2) is 0 Å². The van der Waals surface area contributed by atoms with E-state index >= 15 is 0 Å². The summed E-state index contributed by atoms with van der Waals surface area (Å²) in [5.41, 5.74) is 30.5. The third kappa shape index (κ3) is 5.69. The van der Waals surface area contributed by atoms with Crippen LogP contribution in [0.4, 0.5) is 34.1 Å². The van der Waals surface area contributed by atoms with E-state index in [2.05, 4.69) is 257 Å². The normalized spacial score (nSPS) is 14.0. The van der Waals surface area contributed by atoms with E-state index in [0.717, 1.165) is 0 Å². The molecule has 70 heavy (non-hydrogen) atoms. The summed E-state index contributed by atoms with van der Waals surface area (Å²) < 4.78 is 1.40. The van der Waals surface area contributed by atoms with Crippen LogP contribution < -0.4 is 25.5 Å². The van der Waals surface area contributed by atoms with Gasteiger partial charge in [-0.2, -0.15) is 0 Å². The van der Waals surface area contributed by atoms with Gasteiger partial charge in [0.25, 0.3) is 6.71 Å². The van der Waals surface area contributed by atoms with E-state index in [0.29, 0.717) is 5.92 Å². The first-order valence-electron chi connectivity index (χ1n) is 24.9. The van der Waals surface area contributed by atoms with Crippen LogP contribution in [0.5, 0.6) is 0 Å². The van der Waals surface area contributed by atoms with E-state index in [1.807, 2.05) is 0 Å². The predicted octanol–water partition coefficient (Wildman–Crippen LogP) is 15.9. The first kappa shape index (κ1) is 41.3. The van der Waals surface area contributed by atoms with Crippen LogP contribution in [-0.4, -0.2) is 6.71 Å². The molecule has 0 bridgehead atoms. The molecule has 0 radical (unpaired) electrons. The molecular weight excluding hydrogens is 864 g/mol. The van der Waals surface area contributed by atoms with Crippen LogP contribution in [0.1, 0.15) is 69.2 Å². The number of thiophene rings is 1. The molecule has 0 N–H and O–H groups in total. The van der Waals surface area contributed by atoms with E-state index < -0.39 is 5.41 Å². The summed E-state index contributed by atoms with van der Waals surface area (Å²) in [4.78, 5) is 6.66. The Labute approximate surface area is 416 Å². The Bertz CT molecular complexity index is 3760. The Kier molecular flexibility index (Phi) is 8.96. The molecule has 0 saturated carbocycles. The lowest BCUT2D eigenvalue weighted by Crippen LogP contribution is -2.60. The topological polar surface area (TPSA) is 6.48 Å². The summed E-state index contributed by atoms with van der Waals surface area (Å²) in [6, 6.07) is 74.6. The molecule has 334 valence electrons. The fourth-order valence-electron chi connectivity index (χ4n) is 12.7. The molecule has 9 aromatic carbocycles. The molecule has 1 aromatic heterocycles. The number of fused-ring (bicyclic) bond motifs is 15. The molecule has 14 rings (SSSR count). The van der Waals surface area contributed by atoms with Crippen molar-refractivity contribution in [1.82, 2.24) is 0 Å². The minimum atomic E-state index is -0.458. The highest BCUT2D eigenvalue weighted by Gasteiger charge is 2.57. The maximum absolute atomic E-state index is 2.65. The predicted molar refractivity (Wildman–Crippen MR) is 299 cm³/mol. The summed E-state index contributed by atoms with van der Waals surface area (Å²) in [6.45, 7) is 13.5. The van der Waals surface area contributed by atoms with Crippen molar-refractivity contribution in [1.29, 1.82) is 0 Å². The lowest BCUT2D eigenvalue weighted by Gasteiger charge is -2.44. The van der Waals surface area contributed by atoms with Gasteiger partial charge in [0.2, 0.25) is 0 Å². The molecule has 0 saturated heterocycles. The molecule has 4 aliphatic rings. The van der Waals surface area contributed by atoms with Gasteiger partial charge in [-0.1, -0.05) is 182 Å². The van der Waals surface area contributed by atoms with Gasteiger partial charge in [0.1, 0.15) is 0 Å². The highest BCUT2D eigenvalue weighted by molar-refractivity contribution is 7.30. The highest BCUT2D eigenvalue weighted by Crippen LogP contribution is 2.67. The molecular formula is C66H51BN2S. The van der Waals surface area contributed by atoms with Gasteiger partial charge in [-0.15, -0.1) is 11.3 Å². The van der Waals surface area contributed by atoms with Crippen LogP contribution in [0.2, 0.25) is 0 Å². The van der Waals surface area contributed by atoms with Crippen LogP contribution in [-0.2, 0) is 5.41 Å². The fourth-order valence-corrected chi connectivity index (χ4v) is 14.3. The number of benzene rings is 9. The Morgan fingerprint density at radius 3 is 1.71 bits per heavy atom. The summed E-state index contributed by atoms with van der Waals surface area (Å²) in [5.74, 6) is 0.396. The fraction of sp³-hybridized carbons (Fsp3) is 0.121. The Hall–Kier alpha value is -7.66. The second kappa shape index (κ2) is 15.2. The third-order valence-electron chi connectivity index (χ3n) is 15.9. The average Bonchev–Trinajstić information content (AvgIpc) is 4.01. The molecule has 0 amide bonds. The van der Waals surface area contributed by atoms with Crippen molar-refractivity contribution >= 4 is 67.9 Å². The molecule has 2 aliphatic heterocycles. The Morgan fingerprint density at radius 1 is 0.443 bits per heavy atom. The smallest absolute Gasteiger partial charge is 0.264 e. The monoisotopic (exact) mass is 914 g/mol. The van der Waals surface area contributed by atoms with E-state index in [-0.39, 0.29) is 6.71 Å². The van der Waals surface area contributed by atoms with Crippen LogP contribution in [0.15, 0.2) is 194 Å². The molecule has 0 atom stereocenters. The Balaban J connectivity index is 1.11. The third-order valence-corrected chi connectivity index (χ3v) is 17.2. The zero-order valence-electron chi connectivity index (χ0n) is 40.4. The van der Waals surface area contributed by atoms with E-state index in [1.54, 1.807) is 0 Å². The highest BCUT2D eigenvalue weighted by atomic mass is 32.1. The van der Waals surface area contributed by atoms with Crippen molar-refractivity contribution in [2.24, 2.45) is 0 Å². The lowest BCUT2D eigenvalue weighted by atomic mass is 9.36. The minimum absolute atomic E-state index is 0.0166. The van der Waals surface area contributed by atoms with Gasteiger partial charge in [0, 0.05) is 43.7 Å². The van der Waals surface area contributed by atoms with Crippen molar-refractivity contribution < 1.29 is 0 Å². The van der Waals surface area contributed by atoms with Gasteiger partial charge in [0.05, 0.1) is 11.1 Å². The SMILES string of the molecule is Cc1ccc(N2c3cc(-c4cc(C(C)C)ccc4-c4ccccc4)ccc3B3c4sc5c(c4N(c4ccc(C)cc4)c4cc(C)cc2c43)-c2ccc(C)cc2C52c3ccccc3-c3ccccc32)cc1. The standard InChI is InChI=1S/C66H51BN2S/c1-39(2)45-25-32-49(44-14-8-7-9-15-44)53(37-45)46-26-33-57-58(38-46)68(47-27-20-40(3)21-28-47)59-35-43(6)36-60-62(59)67(57)65-63(69(60)48-29-22-41(4)23-30-48)61-52-31-24-42(5)34-56(52)66(64(61)70-65)54-18-12-10-16-50(54)51-17-11-13-19-55(51)66/h7-39H,1-6H3. The average molecular weight is 915 g/mol.